The van der Waals surface area contributed by atoms with Crippen molar-refractivity contribution in [2.45, 2.75) is 6.61 Å². The van der Waals surface area contributed by atoms with Crippen LogP contribution in [0.25, 0.3) is 16.9 Å². The summed E-state index contributed by atoms with van der Waals surface area (Å²) in [6.45, 7) is 0.435. The van der Waals surface area contributed by atoms with Crippen LogP contribution in [-0.2, 0) is 11.4 Å². The summed E-state index contributed by atoms with van der Waals surface area (Å²) in [7, 11) is 0. The maximum absolute atomic E-state index is 5.46. The molecule has 0 unspecified atom stereocenters. The first-order valence-corrected chi connectivity index (χ1v) is 8.80. The zero-order chi connectivity index (χ0) is 18.3. The number of aromatic nitrogens is 2. The number of nitrogens with zero attached hydrogens (tertiary/aromatic N) is 3. The van der Waals surface area contributed by atoms with E-state index in [1.54, 1.807) is 6.21 Å². The third-order valence-electron chi connectivity index (χ3n) is 4.15. The van der Waals surface area contributed by atoms with Crippen LogP contribution < -0.4 is 0 Å². The molecule has 0 aliphatic carbocycles. The summed E-state index contributed by atoms with van der Waals surface area (Å²) >= 11 is 0. The number of benzene rings is 3. The Bertz CT molecular complexity index is 1010. The molecule has 0 saturated carbocycles. The molecule has 0 fully saturated rings. The summed E-state index contributed by atoms with van der Waals surface area (Å²) in [6.07, 6.45) is 3.69. The lowest BCUT2D eigenvalue weighted by Crippen LogP contribution is -1.93. The van der Waals surface area contributed by atoms with E-state index in [1.807, 2.05) is 102 Å². The molecule has 0 aliphatic rings. The summed E-state index contributed by atoms with van der Waals surface area (Å²) in [5.41, 5.74) is 4.89. The molecule has 4 aromatic rings. The summed E-state index contributed by atoms with van der Waals surface area (Å²) in [4.78, 5) is 5.46. The minimum absolute atomic E-state index is 0.435. The average molecular weight is 353 g/mol. The van der Waals surface area contributed by atoms with Gasteiger partial charge in [0.15, 0.2) is 0 Å². The lowest BCUT2D eigenvalue weighted by molar-refractivity contribution is 0.132. The predicted octanol–water partition coefficient (Wildman–Crippen LogP) is 5.09. The molecule has 4 rings (SSSR count). The van der Waals surface area contributed by atoms with E-state index < -0.39 is 0 Å². The molecule has 0 radical (unpaired) electrons. The highest BCUT2D eigenvalue weighted by Gasteiger charge is 2.10. The fourth-order valence-electron chi connectivity index (χ4n) is 2.80. The Morgan fingerprint density at radius 1 is 0.815 bits per heavy atom. The van der Waals surface area contributed by atoms with E-state index in [-0.39, 0.29) is 0 Å². The maximum Gasteiger partial charge on any atom is 0.142 e. The van der Waals surface area contributed by atoms with Crippen LogP contribution in [-0.4, -0.2) is 16.0 Å². The quantitative estimate of drug-likeness (QED) is 0.358. The molecule has 132 valence electrons. The molecule has 0 aliphatic heterocycles. The molecule has 0 atom stereocenters. The van der Waals surface area contributed by atoms with Crippen molar-refractivity contribution in [3.63, 3.8) is 0 Å². The normalized spacial score (nSPS) is 11.0. The first kappa shape index (κ1) is 16.8. The van der Waals surface area contributed by atoms with E-state index in [4.69, 9.17) is 9.94 Å². The molecule has 1 heterocycles. The lowest BCUT2D eigenvalue weighted by atomic mass is 10.1. The van der Waals surface area contributed by atoms with E-state index in [2.05, 4.69) is 5.16 Å². The van der Waals surface area contributed by atoms with Gasteiger partial charge < -0.3 is 4.84 Å². The van der Waals surface area contributed by atoms with Gasteiger partial charge in [-0.3, -0.25) is 0 Å². The highest BCUT2D eigenvalue weighted by molar-refractivity contribution is 5.88. The lowest BCUT2D eigenvalue weighted by Gasteiger charge is -2.00. The van der Waals surface area contributed by atoms with Gasteiger partial charge in [-0.2, -0.15) is 5.10 Å². The van der Waals surface area contributed by atoms with Gasteiger partial charge in [0.05, 0.1) is 11.9 Å². The second-order valence-electron chi connectivity index (χ2n) is 6.07. The van der Waals surface area contributed by atoms with Gasteiger partial charge in [0, 0.05) is 17.3 Å². The van der Waals surface area contributed by atoms with Crippen molar-refractivity contribution < 1.29 is 4.84 Å². The van der Waals surface area contributed by atoms with E-state index in [9.17, 15) is 0 Å². The minimum Gasteiger partial charge on any atom is -0.391 e. The van der Waals surface area contributed by atoms with Gasteiger partial charge in [0.25, 0.3) is 0 Å². The monoisotopic (exact) mass is 353 g/mol. The van der Waals surface area contributed by atoms with Crippen LogP contribution in [0.15, 0.2) is 102 Å². The highest BCUT2D eigenvalue weighted by Crippen LogP contribution is 2.22. The van der Waals surface area contributed by atoms with Crippen LogP contribution in [0.5, 0.6) is 0 Å². The van der Waals surface area contributed by atoms with Crippen molar-refractivity contribution in [2.24, 2.45) is 5.16 Å². The van der Waals surface area contributed by atoms with Crippen LogP contribution >= 0.6 is 0 Å². The number of hydrogen-bond donors (Lipinski definition) is 0. The first-order chi connectivity index (χ1) is 13.4. The van der Waals surface area contributed by atoms with E-state index in [0.717, 1.165) is 28.1 Å². The van der Waals surface area contributed by atoms with Gasteiger partial charge in [-0.15, -0.1) is 0 Å². The van der Waals surface area contributed by atoms with E-state index in [0.29, 0.717) is 6.61 Å². The second kappa shape index (κ2) is 8.15. The van der Waals surface area contributed by atoms with Crippen LogP contribution in [0.4, 0.5) is 0 Å². The number of hydrogen-bond acceptors (Lipinski definition) is 3. The third kappa shape index (κ3) is 4.12. The first-order valence-electron chi connectivity index (χ1n) is 8.80. The molecule has 4 heteroatoms. The van der Waals surface area contributed by atoms with Crippen molar-refractivity contribution in [3.8, 4) is 16.9 Å². The number of rotatable bonds is 6. The van der Waals surface area contributed by atoms with Crippen molar-refractivity contribution in [3.05, 3.63) is 108 Å². The molecule has 0 amide bonds. The topological polar surface area (TPSA) is 39.4 Å². The molecular weight excluding hydrogens is 334 g/mol. The van der Waals surface area contributed by atoms with Gasteiger partial charge in [-0.1, -0.05) is 84.0 Å². The summed E-state index contributed by atoms with van der Waals surface area (Å²) in [5.74, 6) is 0. The summed E-state index contributed by atoms with van der Waals surface area (Å²) in [6, 6.07) is 30.1. The Balaban J connectivity index is 1.60. The van der Waals surface area contributed by atoms with Crippen LogP contribution in [0.2, 0.25) is 0 Å². The molecule has 3 aromatic carbocycles. The Kier molecular flexibility index (Phi) is 5.07. The maximum atomic E-state index is 5.46. The summed E-state index contributed by atoms with van der Waals surface area (Å²) < 4.78 is 1.86. The standard InChI is InChI=1S/C23H19N3O/c1-4-10-19(11-5-1)18-27-24-16-21-17-26(22-14-8-3-9-15-22)25-23(21)20-12-6-2-7-13-20/h1-17H,18H2/b24-16+. The van der Waals surface area contributed by atoms with Gasteiger partial charge in [-0.25, -0.2) is 4.68 Å². The SMILES string of the molecule is C(=N\OCc1ccccc1)/c1cn(-c2ccccc2)nc1-c1ccccc1. The van der Waals surface area contributed by atoms with Crippen LogP contribution in [0.3, 0.4) is 0 Å². The Hall–Kier alpha value is -3.66. The fourth-order valence-corrected chi connectivity index (χ4v) is 2.80. The van der Waals surface area contributed by atoms with E-state index >= 15 is 0 Å². The fraction of sp³-hybridized carbons (Fsp3) is 0.0435. The molecule has 27 heavy (non-hydrogen) atoms. The Labute approximate surface area is 158 Å². The molecule has 1 aromatic heterocycles. The molecular formula is C23H19N3O. The van der Waals surface area contributed by atoms with E-state index in [1.165, 1.54) is 0 Å². The average Bonchev–Trinajstić information content (AvgIpc) is 3.17. The van der Waals surface area contributed by atoms with Crippen molar-refractivity contribution in [1.29, 1.82) is 0 Å². The van der Waals surface area contributed by atoms with Gasteiger partial charge in [0.2, 0.25) is 0 Å². The molecule has 0 bridgehead atoms. The smallest absolute Gasteiger partial charge is 0.142 e. The van der Waals surface area contributed by atoms with Crippen molar-refractivity contribution >= 4 is 6.21 Å². The van der Waals surface area contributed by atoms with Crippen LogP contribution in [0.1, 0.15) is 11.1 Å². The largest absolute Gasteiger partial charge is 0.391 e. The summed E-state index contributed by atoms with van der Waals surface area (Å²) in [5, 5.41) is 8.91. The number of oxime groups is 1. The number of para-hydroxylation sites is 1. The Morgan fingerprint density at radius 3 is 2.15 bits per heavy atom. The van der Waals surface area contributed by atoms with Crippen molar-refractivity contribution in [2.75, 3.05) is 0 Å². The minimum atomic E-state index is 0.435. The molecule has 4 nitrogen and oxygen atoms in total. The van der Waals surface area contributed by atoms with Gasteiger partial charge in [0.1, 0.15) is 12.3 Å². The van der Waals surface area contributed by atoms with Gasteiger partial charge in [-0.05, 0) is 17.7 Å². The molecule has 0 spiro atoms. The second-order valence-corrected chi connectivity index (χ2v) is 6.07. The zero-order valence-corrected chi connectivity index (χ0v) is 14.8. The van der Waals surface area contributed by atoms with Gasteiger partial charge >= 0.3 is 0 Å². The van der Waals surface area contributed by atoms with Crippen LogP contribution in [0, 0.1) is 0 Å². The highest BCUT2D eigenvalue weighted by atomic mass is 16.6. The van der Waals surface area contributed by atoms with Crippen molar-refractivity contribution in [1.82, 2.24) is 9.78 Å². The molecule has 0 saturated heterocycles. The third-order valence-corrected chi connectivity index (χ3v) is 4.15. The zero-order valence-electron chi connectivity index (χ0n) is 14.8. The predicted molar refractivity (Wildman–Crippen MR) is 108 cm³/mol. The molecule has 0 N–H and O–H groups in total. The Morgan fingerprint density at radius 2 is 1.44 bits per heavy atom.